The molecule has 2 amide bonds. The van der Waals surface area contributed by atoms with Gasteiger partial charge in [0.1, 0.15) is 5.75 Å². The van der Waals surface area contributed by atoms with Crippen molar-refractivity contribution < 1.29 is 32.3 Å². The fourth-order valence-electron chi connectivity index (χ4n) is 3.61. The van der Waals surface area contributed by atoms with Crippen LogP contribution in [0, 0.1) is 0 Å². The Labute approximate surface area is 201 Å². The molecule has 12 heteroatoms. The Morgan fingerprint density at radius 2 is 1.91 bits per heavy atom. The molecule has 0 radical (unpaired) electrons. The number of halogens is 1. The van der Waals surface area contributed by atoms with Crippen LogP contribution >= 0.6 is 11.6 Å². The Hall–Kier alpha value is -3.15. The number of ether oxygens (including phenoxy) is 2. The van der Waals surface area contributed by atoms with Crippen LogP contribution in [0.3, 0.4) is 0 Å². The molecule has 2 heterocycles. The molecule has 34 heavy (non-hydrogen) atoms. The lowest BCUT2D eigenvalue weighted by molar-refractivity contribution is -0.150. The first-order valence-corrected chi connectivity index (χ1v) is 12.4. The number of nitrogens with zero attached hydrogens (tertiary/aromatic N) is 1. The van der Waals surface area contributed by atoms with Gasteiger partial charge in [-0.05, 0) is 43.2 Å². The second kappa shape index (κ2) is 10.00. The van der Waals surface area contributed by atoms with Crippen molar-refractivity contribution in [2.75, 3.05) is 30.3 Å². The second-order valence-electron chi connectivity index (χ2n) is 7.76. The van der Waals surface area contributed by atoms with Crippen molar-refractivity contribution in [3.8, 4) is 5.75 Å². The number of anilines is 2. The fraction of sp³-hybridized carbons (Fsp3) is 0.318. The topological polar surface area (TPSA) is 131 Å². The first kappa shape index (κ1) is 24.0. The zero-order valence-corrected chi connectivity index (χ0v) is 19.5. The normalized spacial score (nSPS) is 17.9. The predicted molar refractivity (Wildman–Crippen MR) is 123 cm³/mol. The molecule has 1 atom stereocenters. The van der Waals surface area contributed by atoms with E-state index in [4.69, 9.17) is 21.1 Å². The van der Waals surface area contributed by atoms with Crippen molar-refractivity contribution in [2.45, 2.75) is 30.3 Å². The molecule has 2 aliphatic rings. The second-order valence-corrected chi connectivity index (χ2v) is 10.1. The van der Waals surface area contributed by atoms with E-state index in [1.165, 1.54) is 22.5 Å². The third-order valence-corrected chi connectivity index (χ3v) is 7.56. The lowest BCUT2D eigenvalue weighted by Crippen LogP contribution is -2.39. The van der Waals surface area contributed by atoms with E-state index in [1.54, 1.807) is 24.3 Å². The summed E-state index contributed by atoms with van der Waals surface area (Å²) >= 11 is 6.11. The van der Waals surface area contributed by atoms with Crippen LogP contribution in [0.4, 0.5) is 11.4 Å². The van der Waals surface area contributed by atoms with Gasteiger partial charge in [0, 0.05) is 13.1 Å². The van der Waals surface area contributed by atoms with Gasteiger partial charge in [0.25, 0.3) is 11.8 Å². The van der Waals surface area contributed by atoms with E-state index in [-0.39, 0.29) is 15.6 Å². The molecule has 2 aromatic carbocycles. The van der Waals surface area contributed by atoms with Crippen molar-refractivity contribution in [1.82, 2.24) is 4.31 Å². The molecular formula is C22H22ClN3O7S. The largest absolute Gasteiger partial charge is 0.478 e. The van der Waals surface area contributed by atoms with Crippen molar-refractivity contribution in [3.05, 3.63) is 47.5 Å². The summed E-state index contributed by atoms with van der Waals surface area (Å²) in [5.41, 5.74) is 0.580. The van der Waals surface area contributed by atoms with Crippen molar-refractivity contribution >= 4 is 50.8 Å². The molecule has 1 saturated heterocycles. The van der Waals surface area contributed by atoms with Crippen LogP contribution in [-0.2, 0) is 29.1 Å². The summed E-state index contributed by atoms with van der Waals surface area (Å²) in [4.78, 5) is 36.6. The Balaban J connectivity index is 1.32. The van der Waals surface area contributed by atoms with Crippen LogP contribution in [0.2, 0.25) is 5.02 Å². The van der Waals surface area contributed by atoms with Gasteiger partial charge in [0.15, 0.2) is 12.7 Å². The average Bonchev–Trinajstić information content (AvgIpc) is 3.35. The summed E-state index contributed by atoms with van der Waals surface area (Å²) in [6.45, 7) is 0.233. The fourth-order valence-corrected chi connectivity index (χ4v) is 5.32. The van der Waals surface area contributed by atoms with E-state index >= 15 is 0 Å². The number of hydrogen-bond donors (Lipinski definition) is 2. The van der Waals surface area contributed by atoms with E-state index in [1.807, 2.05) is 0 Å². The molecule has 0 aromatic heterocycles. The Bertz CT molecular complexity index is 1230. The van der Waals surface area contributed by atoms with Gasteiger partial charge >= 0.3 is 5.97 Å². The summed E-state index contributed by atoms with van der Waals surface area (Å²) in [7, 11) is -3.70. The molecule has 2 aromatic rings. The molecular weight excluding hydrogens is 486 g/mol. The zero-order chi connectivity index (χ0) is 24.3. The Kier molecular flexibility index (Phi) is 7.05. The monoisotopic (exact) mass is 507 g/mol. The number of carbonyl (C=O) groups is 3. The maximum absolute atomic E-state index is 12.7. The molecule has 4 rings (SSSR count). The minimum absolute atomic E-state index is 0.00633. The summed E-state index contributed by atoms with van der Waals surface area (Å²) in [6.07, 6.45) is 0.106. The lowest BCUT2D eigenvalue weighted by Gasteiger charge is -2.25. The maximum Gasteiger partial charge on any atom is 0.310 e. The number of carbonyl (C=O) groups excluding carboxylic acids is 3. The van der Waals surface area contributed by atoms with Gasteiger partial charge in [0.2, 0.25) is 10.0 Å². The highest BCUT2D eigenvalue weighted by Crippen LogP contribution is 2.30. The van der Waals surface area contributed by atoms with Crippen LogP contribution in [0.25, 0.3) is 0 Å². The number of sulfonamides is 1. The number of para-hydroxylation sites is 2. The number of esters is 1. The van der Waals surface area contributed by atoms with Gasteiger partial charge in [-0.1, -0.05) is 23.7 Å². The molecule has 2 aliphatic heterocycles. The molecule has 0 spiro atoms. The number of nitrogens with one attached hydrogen (secondary N) is 2. The number of benzene rings is 2. The molecule has 180 valence electrons. The van der Waals surface area contributed by atoms with Crippen molar-refractivity contribution in [1.29, 1.82) is 0 Å². The molecule has 0 unspecified atom stereocenters. The van der Waals surface area contributed by atoms with Gasteiger partial charge < -0.3 is 20.1 Å². The van der Waals surface area contributed by atoms with Crippen LogP contribution in [-0.4, -0.2) is 56.3 Å². The minimum atomic E-state index is -3.70. The van der Waals surface area contributed by atoms with Crippen LogP contribution < -0.4 is 15.4 Å². The van der Waals surface area contributed by atoms with Crippen molar-refractivity contribution in [2.24, 2.45) is 0 Å². The minimum Gasteiger partial charge on any atom is -0.478 e. The summed E-state index contributed by atoms with van der Waals surface area (Å²) < 4.78 is 37.4. The average molecular weight is 508 g/mol. The summed E-state index contributed by atoms with van der Waals surface area (Å²) in [5.74, 6) is -1.60. The molecule has 1 fully saturated rings. The first-order chi connectivity index (χ1) is 16.2. The number of rotatable bonds is 7. The van der Waals surface area contributed by atoms with Crippen molar-refractivity contribution in [3.63, 3.8) is 0 Å². The van der Waals surface area contributed by atoms with Gasteiger partial charge in [-0.2, -0.15) is 4.31 Å². The highest BCUT2D eigenvalue weighted by Gasteiger charge is 2.31. The molecule has 2 N–H and O–H groups in total. The van der Waals surface area contributed by atoms with E-state index in [0.717, 1.165) is 12.8 Å². The number of hydrogen-bond acceptors (Lipinski definition) is 7. The SMILES string of the molecule is O=C(COC(=O)C[C@H]1Oc2ccccc2NC1=O)Nc1cc(S(=O)(=O)N2CCCC2)ccc1Cl. The van der Waals surface area contributed by atoms with Crippen LogP contribution in [0.15, 0.2) is 47.4 Å². The Morgan fingerprint density at radius 1 is 1.18 bits per heavy atom. The molecule has 0 aliphatic carbocycles. The summed E-state index contributed by atoms with van der Waals surface area (Å²) in [5, 5.41) is 5.22. The maximum atomic E-state index is 12.7. The van der Waals surface area contributed by atoms with Gasteiger partial charge in [0.05, 0.1) is 27.7 Å². The third kappa shape index (κ3) is 5.32. The van der Waals surface area contributed by atoms with Gasteiger partial charge in [-0.3, -0.25) is 14.4 Å². The molecule has 10 nitrogen and oxygen atoms in total. The van der Waals surface area contributed by atoms with E-state index in [0.29, 0.717) is 24.5 Å². The Morgan fingerprint density at radius 3 is 2.68 bits per heavy atom. The van der Waals surface area contributed by atoms with Crippen LogP contribution in [0.1, 0.15) is 19.3 Å². The predicted octanol–water partition coefficient (Wildman–Crippen LogP) is 2.40. The quantitative estimate of drug-likeness (QED) is 0.550. The van der Waals surface area contributed by atoms with Gasteiger partial charge in [-0.15, -0.1) is 0 Å². The smallest absolute Gasteiger partial charge is 0.310 e. The highest BCUT2D eigenvalue weighted by atomic mass is 35.5. The number of fused-ring (bicyclic) bond motifs is 1. The standard InChI is InChI=1S/C22H22ClN3O7S/c23-15-8-7-14(34(30,31)26-9-3-4-10-26)11-17(15)24-20(27)13-32-21(28)12-19-22(29)25-16-5-1-2-6-18(16)33-19/h1-2,5-8,11,19H,3-4,9-10,12-13H2,(H,24,27)(H,25,29)/t19-/m1/s1. The highest BCUT2D eigenvalue weighted by molar-refractivity contribution is 7.89. The van der Waals surface area contributed by atoms with Crippen LogP contribution in [0.5, 0.6) is 5.75 Å². The zero-order valence-electron chi connectivity index (χ0n) is 18.0. The van der Waals surface area contributed by atoms with E-state index < -0.39 is 46.9 Å². The third-order valence-electron chi connectivity index (χ3n) is 5.34. The van der Waals surface area contributed by atoms with Gasteiger partial charge in [-0.25, -0.2) is 8.42 Å². The molecule has 0 saturated carbocycles. The number of amides is 2. The first-order valence-electron chi connectivity index (χ1n) is 10.6. The summed E-state index contributed by atoms with van der Waals surface area (Å²) in [6, 6.07) is 10.8. The van der Waals surface area contributed by atoms with E-state index in [2.05, 4.69) is 10.6 Å². The molecule has 0 bridgehead atoms. The lowest BCUT2D eigenvalue weighted by atomic mass is 10.1. The van der Waals surface area contributed by atoms with E-state index in [9.17, 15) is 22.8 Å².